The summed E-state index contributed by atoms with van der Waals surface area (Å²) >= 11 is 4.23. The zero-order valence-electron chi connectivity index (χ0n) is 13.5. The maximum absolute atomic E-state index is 12.2. The molecule has 0 aliphatic heterocycles. The van der Waals surface area contributed by atoms with Crippen LogP contribution in [0.2, 0.25) is 0 Å². The van der Waals surface area contributed by atoms with E-state index in [2.05, 4.69) is 17.9 Å². The van der Waals surface area contributed by atoms with Gasteiger partial charge < -0.3 is 10.4 Å². The summed E-state index contributed by atoms with van der Waals surface area (Å²) in [5.41, 5.74) is 3.28. The number of aliphatic carboxylic acids is 1. The van der Waals surface area contributed by atoms with E-state index >= 15 is 0 Å². The SMILES string of the molecule is C[C@H](NC(=O)C(CS)Cc1ccc(-c2ccccc2)cc1)C(=O)O. The van der Waals surface area contributed by atoms with Crippen LogP contribution in [0.25, 0.3) is 11.1 Å². The van der Waals surface area contributed by atoms with Gasteiger partial charge in [0.1, 0.15) is 6.04 Å². The predicted octanol–water partition coefficient (Wildman–Crippen LogP) is 3.03. The molecule has 2 aromatic carbocycles. The number of nitrogens with one attached hydrogen (secondary N) is 1. The van der Waals surface area contributed by atoms with Gasteiger partial charge in [-0.25, -0.2) is 0 Å². The normalized spacial score (nSPS) is 13.1. The van der Waals surface area contributed by atoms with E-state index < -0.39 is 12.0 Å². The van der Waals surface area contributed by atoms with E-state index in [1.165, 1.54) is 6.92 Å². The molecule has 1 unspecified atom stereocenters. The Morgan fingerprint density at radius 2 is 1.62 bits per heavy atom. The lowest BCUT2D eigenvalue weighted by atomic mass is 9.97. The van der Waals surface area contributed by atoms with Crippen LogP contribution in [0.3, 0.4) is 0 Å². The summed E-state index contributed by atoms with van der Waals surface area (Å²) in [6, 6.07) is 17.2. The molecule has 2 atom stereocenters. The quantitative estimate of drug-likeness (QED) is 0.677. The van der Waals surface area contributed by atoms with Crippen molar-refractivity contribution in [1.82, 2.24) is 5.32 Å². The topological polar surface area (TPSA) is 66.4 Å². The van der Waals surface area contributed by atoms with Crippen molar-refractivity contribution in [2.24, 2.45) is 5.92 Å². The highest BCUT2D eigenvalue weighted by molar-refractivity contribution is 7.80. The minimum atomic E-state index is -1.05. The van der Waals surface area contributed by atoms with E-state index in [0.29, 0.717) is 12.2 Å². The third-order valence-corrected chi connectivity index (χ3v) is 4.30. The molecule has 2 rings (SSSR count). The highest BCUT2D eigenvalue weighted by Crippen LogP contribution is 2.20. The average molecular weight is 343 g/mol. The van der Waals surface area contributed by atoms with E-state index in [9.17, 15) is 9.59 Å². The van der Waals surface area contributed by atoms with Crippen LogP contribution in [-0.2, 0) is 16.0 Å². The van der Waals surface area contributed by atoms with Gasteiger partial charge in [-0.1, -0.05) is 54.6 Å². The van der Waals surface area contributed by atoms with Gasteiger partial charge in [0.25, 0.3) is 0 Å². The van der Waals surface area contributed by atoms with Gasteiger partial charge in [0.2, 0.25) is 5.91 Å². The Bertz CT molecular complexity index is 686. The fourth-order valence-corrected chi connectivity index (χ4v) is 2.68. The van der Waals surface area contributed by atoms with Crippen molar-refractivity contribution >= 4 is 24.5 Å². The molecule has 2 aromatic rings. The molecule has 0 spiro atoms. The summed E-state index contributed by atoms with van der Waals surface area (Å²) in [7, 11) is 0. The number of hydrogen-bond acceptors (Lipinski definition) is 3. The molecule has 1 amide bonds. The summed E-state index contributed by atoms with van der Waals surface area (Å²) in [5.74, 6) is -1.34. The van der Waals surface area contributed by atoms with E-state index in [1.807, 2.05) is 54.6 Å². The van der Waals surface area contributed by atoms with Crippen molar-refractivity contribution in [3.8, 4) is 11.1 Å². The molecule has 0 aliphatic rings. The van der Waals surface area contributed by atoms with E-state index in [4.69, 9.17) is 5.11 Å². The van der Waals surface area contributed by atoms with Crippen LogP contribution >= 0.6 is 12.6 Å². The van der Waals surface area contributed by atoms with Crippen molar-refractivity contribution in [2.75, 3.05) is 5.75 Å². The lowest BCUT2D eigenvalue weighted by Gasteiger charge is -2.17. The third-order valence-electron chi connectivity index (χ3n) is 3.86. The zero-order chi connectivity index (χ0) is 17.5. The highest BCUT2D eigenvalue weighted by Gasteiger charge is 2.21. The first-order chi connectivity index (χ1) is 11.5. The summed E-state index contributed by atoms with van der Waals surface area (Å²) in [5, 5.41) is 11.4. The second-order valence-corrected chi connectivity index (χ2v) is 6.08. The molecule has 2 N–H and O–H groups in total. The molecular formula is C19H21NO3S. The first-order valence-electron chi connectivity index (χ1n) is 7.79. The number of carboxylic acids is 1. The zero-order valence-corrected chi connectivity index (χ0v) is 14.4. The van der Waals surface area contributed by atoms with Crippen molar-refractivity contribution in [1.29, 1.82) is 0 Å². The van der Waals surface area contributed by atoms with Gasteiger partial charge in [0.15, 0.2) is 0 Å². The Labute approximate surface area is 147 Å². The smallest absolute Gasteiger partial charge is 0.325 e. The molecule has 24 heavy (non-hydrogen) atoms. The molecule has 0 saturated heterocycles. The molecule has 0 heterocycles. The van der Waals surface area contributed by atoms with Crippen LogP contribution in [0.5, 0.6) is 0 Å². The van der Waals surface area contributed by atoms with Crippen LogP contribution in [0.15, 0.2) is 54.6 Å². The van der Waals surface area contributed by atoms with Crippen LogP contribution in [-0.4, -0.2) is 28.8 Å². The fraction of sp³-hybridized carbons (Fsp3) is 0.263. The lowest BCUT2D eigenvalue weighted by Crippen LogP contribution is -2.42. The average Bonchev–Trinajstić information content (AvgIpc) is 2.60. The molecule has 126 valence electrons. The molecule has 0 bridgehead atoms. The van der Waals surface area contributed by atoms with Gasteiger partial charge in [-0.15, -0.1) is 0 Å². The van der Waals surface area contributed by atoms with Crippen molar-refractivity contribution in [3.05, 3.63) is 60.2 Å². The molecule has 4 nitrogen and oxygen atoms in total. The number of amides is 1. The largest absolute Gasteiger partial charge is 0.480 e. The predicted molar refractivity (Wildman–Crippen MR) is 98.2 cm³/mol. The highest BCUT2D eigenvalue weighted by atomic mass is 32.1. The Hall–Kier alpha value is -2.27. The van der Waals surface area contributed by atoms with Gasteiger partial charge in [0, 0.05) is 5.75 Å². The van der Waals surface area contributed by atoms with Gasteiger partial charge in [0.05, 0.1) is 5.92 Å². The van der Waals surface area contributed by atoms with Crippen LogP contribution < -0.4 is 5.32 Å². The van der Waals surface area contributed by atoms with E-state index in [0.717, 1.165) is 16.7 Å². The Morgan fingerprint density at radius 1 is 1.04 bits per heavy atom. The number of carboxylic acid groups (broad SMARTS) is 1. The van der Waals surface area contributed by atoms with Gasteiger partial charge >= 0.3 is 5.97 Å². The Morgan fingerprint density at radius 3 is 2.17 bits per heavy atom. The molecule has 5 heteroatoms. The van der Waals surface area contributed by atoms with E-state index in [1.54, 1.807) is 0 Å². The number of benzene rings is 2. The third kappa shape index (κ3) is 4.86. The molecule has 0 saturated carbocycles. The monoisotopic (exact) mass is 343 g/mol. The molecular weight excluding hydrogens is 322 g/mol. The van der Waals surface area contributed by atoms with Crippen LogP contribution in [0.4, 0.5) is 0 Å². The first-order valence-corrected chi connectivity index (χ1v) is 8.43. The second kappa shape index (κ2) is 8.55. The number of hydrogen-bond donors (Lipinski definition) is 3. The number of carbonyl (C=O) groups excluding carboxylic acids is 1. The van der Waals surface area contributed by atoms with Gasteiger partial charge in [-0.3, -0.25) is 9.59 Å². The van der Waals surface area contributed by atoms with Crippen molar-refractivity contribution in [2.45, 2.75) is 19.4 Å². The van der Waals surface area contributed by atoms with E-state index in [-0.39, 0.29) is 11.8 Å². The van der Waals surface area contributed by atoms with Crippen LogP contribution in [0, 0.1) is 5.92 Å². The summed E-state index contributed by atoms with van der Waals surface area (Å²) < 4.78 is 0. The molecule has 0 aliphatic carbocycles. The van der Waals surface area contributed by atoms with Gasteiger partial charge in [-0.05, 0) is 30.0 Å². The number of carbonyl (C=O) groups is 2. The summed E-state index contributed by atoms with van der Waals surface area (Å²) in [6.45, 7) is 1.45. The van der Waals surface area contributed by atoms with Crippen molar-refractivity contribution < 1.29 is 14.7 Å². The molecule has 0 aromatic heterocycles. The minimum absolute atomic E-state index is 0.285. The van der Waals surface area contributed by atoms with Crippen LogP contribution in [0.1, 0.15) is 12.5 Å². The fourth-order valence-electron chi connectivity index (χ4n) is 2.38. The maximum Gasteiger partial charge on any atom is 0.325 e. The van der Waals surface area contributed by atoms with Gasteiger partial charge in [-0.2, -0.15) is 12.6 Å². The molecule has 0 radical (unpaired) electrons. The standard InChI is InChI=1S/C19H21NO3S/c1-13(19(22)23)20-18(21)17(12-24)11-14-7-9-16(10-8-14)15-5-3-2-4-6-15/h2-10,13,17,24H,11-12H2,1H3,(H,20,21)(H,22,23)/t13-,17?/m0/s1. The second-order valence-electron chi connectivity index (χ2n) is 5.72. The lowest BCUT2D eigenvalue weighted by molar-refractivity contribution is -0.141. The summed E-state index contributed by atoms with van der Waals surface area (Å²) in [6.07, 6.45) is 0.525. The maximum atomic E-state index is 12.2. The van der Waals surface area contributed by atoms with Crippen molar-refractivity contribution in [3.63, 3.8) is 0 Å². The summed E-state index contributed by atoms with van der Waals surface area (Å²) in [4.78, 5) is 23.0. The number of thiol groups is 1. The minimum Gasteiger partial charge on any atom is -0.480 e. The number of rotatable bonds is 7. The molecule has 0 fully saturated rings. The Kier molecular flexibility index (Phi) is 6.44. The Balaban J connectivity index is 2.03. The first kappa shape index (κ1) is 18.1.